The molecule has 0 bridgehead atoms. The molecular formula is C13H21N3OS. The second kappa shape index (κ2) is 6.38. The van der Waals surface area contributed by atoms with Gasteiger partial charge in [0.1, 0.15) is 0 Å². The van der Waals surface area contributed by atoms with E-state index in [9.17, 15) is 4.79 Å². The molecule has 5 heteroatoms. The number of hydrogen-bond acceptors (Lipinski definition) is 4. The summed E-state index contributed by atoms with van der Waals surface area (Å²) in [6.45, 7) is 7.22. The third-order valence-electron chi connectivity index (χ3n) is 3.47. The van der Waals surface area contributed by atoms with E-state index in [1.165, 1.54) is 32.4 Å². The Morgan fingerprint density at radius 1 is 1.28 bits per heavy atom. The normalized spacial score (nSPS) is 17.0. The van der Waals surface area contributed by atoms with Crippen molar-refractivity contribution >= 4 is 11.8 Å². The predicted molar refractivity (Wildman–Crippen MR) is 75.3 cm³/mol. The number of piperidine rings is 1. The lowest BCUT2D eigenvalue weighted by Crippen LogP contribution is -2.31. The smallest absolute Gasteiger partial charge is 0.254 e. The van der Waals surface area contributed by atoms with E-state index in [2.05, 4.69) is 14.9 Å². The largest absolute Gasteiger partial charge is 0.303 e. The quantitative estimate of drug-likeness (QED) is 0.669. The van der Waals surface area contributed by atoms with E-state index in [0.29, 0.717) is 0 Å². The first-order valence-corrected chi connectivity index (χ1v) is 7.58. The van der Waals surface area contributed by atoms with E-state index in [1.54, 1.807) is 11.8 Å². The molecular weight excluding hydrogens is 246 g/mol. The van der Waals surface area contributed by atoms with Crippen molar-refractivity contribution in [1.29, 1.82) is 0 Å². The summed E-state index contributed by atoms with van der Waals surface area (Å²) in [7, 11) is 0. The summed E-state index contributed by atoms with van der Waals surface area (Å²) in [4.78, 5) is 21.3. The minimum absolute atomic E-state index is 0.0111. The van der Waals surface area contributed by atoms with E-state index in [0.717, 1.165) is 28.7 Å². The van der Waals surface area contributed by atoms with Gasteiger partial charge in [-0.05, 0) is 39.8 Å². The summed E-state index contributed by atoms with van der Waals surface area (Å²) in [6.07, 6.45) is 4.02. The zero-order valence-corrected chi connectivity index (χ0v) is 12.0. The fourth-order valence-corrected chi connectivity index (χ4v) is 3.05. The van der Waals surface area contributed by atoms with Crippen LogP contribution in [0.25, 0.3) is 0 Å². The van der Waals surface area contributed by atoms with Crippen LogP contribution in [0.15, 0.2) is 9.95 Å². The second-order valence-corrected chi connectivity index (χ2v) is 5.92. The van der Waals surface area contributed by atoms with E-state index in [1.807, 2.05) is 13.8 Å². The monoisotopic (exact) mass is 267 g/mol. The van der Waals surface area contributed by atoms with Crippen LogP contribution >= 0.6 is 11.8 Å². The molecule has 18 heavy (non-hydrogen) atoms. The average molecular weight is 267 g/mol. The summed E-state index contributed by atoms with van der Waals surface area (Å²) in [5.74, 6) is 0.992. The number of nitrogens with zero attached hydrogens (tertiary/aromatic N) is 2. The van der Waals surface area contributed by atoms with Crippen LogP contribution in [0.3, 0.4) is 0 Å². The van der Waals surface area contributed by atoms with Gasteiger partial charge in [-0.2, -0.15) is 0 Å². The number of aromatic nitrogens is 2. The second-order valence-electron chi connectivity index (χ2n) is 4.83. The number of hydrogen-bond donors (Lipinski definition) is 1. The first-order chi connectivity index (χ1) is 8.66. The Hall–Kier alpha value is -0.810. The Morgan fingerprint density at radius 3 is 2.67 bits per heavy atom. The topological polar surface area (TPSA) is 49.0 Å². The predicted octanol–water partition coefficient (Wildman–Crippen LogP) is 1.96. The van der Waals surface area contributed by atoms with Crippen molar-refractivity contribution < 1.29 is 0 Å². The Kier molecular flexibility index (Phi) is 4.83. The molecule has 0 spiro atoms. The van der Waals surface area contributed by atoms with Crippen molar-refractivity contribution in [3.8, 4) is 0 Å². The summed E-state index contributed by atoms with van der Waals surface area (Å²) in [6, 6.07) is 0. The van der Waals surface area contributed by atoms with Crippen LogP contribution in [0.1, 0.15) is 30.5 Å². The molecule has 2 rings (SSSR count). The van der Waals surface area contributed by atoms with E-state index in [4.69, 9.17) is 0 Å². The van der Waals surface area contributed by atoms with Crippen LogP contribution in [-0.4, -0.2) is 40.3 Å². The molecule has 1 aromatic rings. The first kappa shape index (κ1) is 13.6. The average Bonchev–Trinajstić information content (AvgIpc) is 2.37. The molecule has 2 heterocycles. The number of thioether (sulfide) groups is 1. The van der Waals surface area contributed by atoms with Gasteiger partial charge < -0.3 is 9.88 Å². The van der Waals surface area contributed by atoms with Gasteiger partial charge in [0.15, 0.2) is 5.16 Å². The van der Waals surface area contributed by atoms with Crippen molar-refractivity contribution in [2.45, 2.75) is 38.3 Å². The minimum Gasteiger partial charge on any atom is -0.303 e. The Labute approximate surface area is 112 Å². The van der Waals surface area contributed by atoms with Gasteiger partial charge in [-0.25, -0.2) is 4.98 Å². The highest BCUT2D eigenvalue weighted by Gasteiger charge is 2.10. The van der Waals surface area contributed by atoms with Crippen LogP contribution < -0.4 is 5.56 Å². The van der Waals surface area contributed by atoms with Crippen molar-refractivity contribution in [3.63, 3.8) is 0 Å². The number of likely N-dealkylation sites (tertiary alicyclic amines) is 1. The van der Waals surface area contributed by atoms with Crippen LogP contribution in [-0.2, 0) is 0 Å². The van der Waals surface area contributed by atoms with Gasteiger partial charge in [-0.3, -0.25) is 4.79 Å². The fraction of sp³-hybridized carbons (Fsp3) is 0.692. The maximum atomic E-state index is 11.6. The molecule has 1 fully saturated rings. The fourth-order valence-electron chi connectivity index (χ4n) is 2.14. The molecule has 0 amide bonds. The highest BCUT2D eigenvalue weighted by Crippen LogP contribution is 2.14. The van der Waals surface area contributed by atoms with Gasteiger partial charge in [0.25, 0.3) is 5.56 Å². The van der Waals surface area contributed by atoms with Crippen molar-refractivity contribution in [2.24, 2.45) is 0 Å². The molecule has 0 aliphatic carbocycles. The van der Waals surface area contributed by atoms with Gasteiger partial charge in [-0.1, -0.05) is 18.2 Å². The zero-order valence-electron chi connectivity index (χ0n) is 11.2. The van der Waals surface area contributed by atoms with Crippen molar-refractivity contribution in [1.82, 2.24) is 14.9 Å². The zero-order chi connectivity index (χ0) is 13.0. The molecule has 1 aliphatic rings. The number of rotatable bonds is 4. The van der Waals surface area contributed by atoms with E-state index < -0.39 is 0 Å². The Balaban J connectivity index is 1.84. The Morgan fingerprint density at radius 2 is 2.00 bits per heavy atom. The van der Waals surface area contributed by atoms with Crippen LogP contribution in [0.5, 0.6) is 0 Å². The number of aryl methyl sites for hydroxylation is 1. The number of aromatic amines is 1. The van der Waals surface area contributed by atoms with Gasteiger partial charge in [0.2, 0.25) is 0 Å². The third kappa shape index (κ3) is 3.59. The standard InChI is InChI=1S/C13H21N3OS/c1-10-11(2)14-13(15-12(10)17)18-9-8-16-6-4-3-5-7-16/h3-9H2,1-2H3,(H,14,15,17). The van der Waals surface area contributed by atoms with Gasteiger partial charge >= 0.3 is 0 Å². The van der Waals surface area contributed by atoms with E-state index >= 15 is 0 Å². The third-order valence-corrected chi connectivity index (χ3v) is 4.32. The summed E-state index contributed by atoms with van der Waals surface area (Å²) >= 11 is 1.64. The SMILES string of the molecule is Cc1nc(SCCN2CCCCC2)[nH]c(=O)c1C. The number of H-pyrrole nitrogens is 1. The number of nitrogens with one attached hydrogen (secondary N) is 1. The van der Waals surface area contributed by atoms with Crippen LogP contribution in [0.4, 0.5) is 0 Å². The maximum Gasteiger partial charge on any atom is 0.254 e. The van der Waals surface area contributed by atoms with E-state index in [-0.39, 0.29) is 5.56 Å². The lowest BCUT2D eigenvalue weighted by atomic mass is 10.1. The summed E-state index contributed by atoms with van der Waals surface area (Å²) in [5, 5.41) is 0.750. The minimum atomic E-state index is -0.0111. The summed E-state index contributed by atoms with van der Waals surface area (Å²) < 4.78 is 0. The lowest BCUT2D eigenvalue weighted by Gasteiger charge is -2.25. The molecule has 1 saturated heterocycles. The van der Waals surface area contributed by atoms with Crippen LogP contribution in [0, 0.1) is 13.8 Å². The molecule has 4 nitrogen and oxygen atoms in total. The molecule has 0 radical (unpaired) electrons. The molecule has 0 atom stereocenters. The highest BCUT2D eigenvalue weighted by atomic mass is 32.2. The van der Waals surface area contributed by atoms with Crippen molar-refractivity contribution in [3.05, 3.63) is 21.6 Å². The molecule has 100 valence electrons. The molecule has 0 unspecified atom stereocenters. The molecule has 1 N–H and O–H groups in total. The van der Waals surface area contributed by atoms with Crippen molar-refractivity contribution in [2.75, 3.05) is 25.4 Å². The first-order valence-electron chi connectivity index (χ1n) is 6.59. The maximum absolute atomic E-state index is 11.6. The van der Waals surface area contributed by atoms with Crippen LogP contribution in [0.2, 0.25) is 0 Å². The Bertz CT molecular complexity index is 452. The summed E-state index contributed by atoms with van der Waals surface area (Å²) in [5.41, 5.74) is 1.54. The lowest BCUT2D eigenvalue weighted by molar-refractivity contribution is 0.242. The molecule has 0 saturated carbocycles. The van der Waals surface area contributed by atoms with Gasteiger partial charge in [0, 0.05) is 23.6 Å². The highest BCUT2D eigenvalue weighted by molar-refractivity contribution is 7.99. The molecule has 1 aromatic heterocycles. The molecule has 1 aliphatic heterocycles. The molecule has 0 aromatic carbocycles. The van der Waals surface area contributed by atoms with Gasteiger partial charge in [0.05, 0.1) is 0 Å². The van der Waals surface area contributed by atoms with Gasteiger partial charge in [-0.15, -0.1) is 0 Å².